The van der Waals surface area contributed by atoms with Gasteiger partial charge in [-0.05, 0) is 68.4 Å². The van der Waals surface area contributed by atoms with Gasteiger partial charge in [-0.15, -0.1) is 0 Å². The van der Waals surface area contributed by atoms with Gasteiger partial charge in [-0.25, -0.2) is 0 Å². The fourth-order valence-electron chi connectivity index (χ4n) is 2.34. The summed E-state index contributed by atoms with van der Waals surface area (Å²) in [6, 6.07) is 11.3. The smallest absolute Gasteiger partial charge is 0.0178 e. The molecule has 0 bridgehead atoms. The summed E-state index contributed by atoms with van der Waals surface area (Å²) in [6.45, 7) is 21.6. The Morgan fingerprint density at radius 3 is 1.25 bits per heavy atom. The number of benzene rings is 2. The van der Waals surface area contributed by atoms with Crippen molar-refractivity contribution in [1.82, 2.24) is 0 Å². The predicted octanol–water partition coefficient (Wildman–Crippen LogP) is 7.97. The third-order valence-corrected chi connectivity index (χ3v) is 3.48. The molecule has 0 aromatic heterocycles. The van der Waals surface area contributed by atoms with Gasteiger partial charge in [0.25, 0.3) is 0 Å². The first kappa shape index (κ1) is 22.4. The van der Waals surface area contributed by atoms with Crippen molar-refractivity contribution >= 4 is 0 Å². The molecule has 0 nitrogen and oxygen atoms in total. The average Bonchev–Trinajstić information content (AvgIpc) is 2.43. The van der Waals surface area contributed by atoms with Crippen LogP contribution in [0.25, 0.3) is 11.1 Å². The molecule has 2 rings (SSSR count). The second kappa shape index (κ2) is 11.1. The summed E-state index contributed by atoms with van der Waals surface area (Å²) in [5.74, 6) is 0.833. The Bertz CT molecular complexity index is 572. The number of hydrogen-bond acceptors (Lipinski definition) is 0. The van der Waals surface area contributed by atoms with Crippen LogP contribution >= 0.6 is 0 Å². The van der Waals surface area contributed by atoms with Gasteiger partial charge in [0, 0.05) is 0 Å². The van der Waals surface area contributed by atoms with E-state index < -0.39 is 0 Å². The standard InChI is InChI=1S/C17H20.C4H10.C3H8/c1-11-6-12(2)8-16(7-11)17-9-13(3)15(5)14(4)10-17;1-4(2)3;1-3-2/h6-10H,1-5H3;4H,1-3H3;3H2,1-2H3. The van der Waals surface area contributed by atoms with Gasteiger partial charge in [0.1, 0.15) is 0 Å². The zero-order chi connectivity index (χ0) is 18.9. The van der Waals surface area contributed by atoms with Crippen LogP contribution in [0.15, 0.2) is 30.3 Å². The fourth-order valence-corrected chi connectivity index (χ4v) is 2.34. The van der Waals surface area contributed by atoms with E-state index in [4.69, 9.17) is 0 Å². The van der Waals surface area contributed by atoms with Crippen LogP contribution in [0.5, 0.6) is 0 Å². The molecule has 0 aliphatic rings. The third-order valence-electron chi connectivity index (χ3n) is 3.48. The van der Waals surface area contributed by atoms with Crippen molar-refractivity contribution in [3.8, 4) is 11.1 Å². The van der Waals surface area contributed by atoms with Crippen LogP contribution < -0.4 is 0 Å². The van der Waals surface area contributed by atoms with Gasteiger partial charge in [-0.3, -0.25) is 0 Å². The highest BCUT2D eigenvalue weighted by Crippen LogP contribution is 2.26. The van der Waals surface area contributed by atoms with Gasteiger partial charge in [0.15, 0.2) is 0 Å². The molecule has 0 N–H and O–H groups in total. The normalized spacial score (nSPS) is 9.79. The van der Waals surface area contributed by atoms with E-state index in [9.17, 15) is 0 Å². The third kappa shape index (κ3) is 8.34. The zero-order valence-corrected chi connectivity index (χ0v) is 17.7. The summed E-state index contributed by atoms with van der Waals surface area (Å²) in [5.41, 5.74) is 9.47. The average molecular weight is 327 g/mol. The van der Waals surface area contributed by atoms with Crippen molar-refractivity contribution in [2.45, 2.75) is 75.7 Å². The van der Waals surface area contributed by atoms with E-state index in [1.54, 1.807) is 0 Å². The highest BCUT2D eigenvalue weighted by atomic mass is 14.1. The second-order valence-electron chi connectivity index (χ2n) is 7.55. The fraction of sp³-hybridized carbons (Fsp3) is 0.500. The van der Waals surface area contributed by atoms with Crippen LogP contribution in [0, 0.1) is 40.5 Å². The van der Waals surface area contributed by atoms with Crippen molar-refractivity contribution in [3.05, 3.63) is 58.1 Å². The lowest BCUT2D eigenvalue weighted by Gasteiger charge is -2.10. The SMILES string of the molecule is CC(C)C.CCC.Cc1cc(C)cc(-c2cc(C)c(C)c(C)c2)c1. The molecule has 0 saturated carbocycles. The Kier molecular flexibility index (Phi) is 10.4. The summed E-state index contributed by atoms with van der Waals surface area (Å²) < 4.78 is 0. The van der Waals surface area contributed by atoms with Gasteiger partial charge < -0.3 is 0 Å². The Hall–Kier alpha value is -1.56. The molecule has 0 atom stereocenters. The van der Waals surface area contributed by atoms with Crippen LogP contribution in [-0.2, 0) is 0 Å². The highest BCUT2D eigenvalue weighted by Gasteiger charge is 2.04. The molecule has 0 aliphatic carbocycles. The Balaban J connectivity index is 0.000000648. The maximum atomic E-state index is 2.29. The first-order chi connectivity index (χ1) is 11.1. The lowest BCUT2D eigenvalue weighted by atomic mass is 9.95. The Morgan fingerprint density at radius 2 is 0.917 bits per heavy atom. The summed E-state index contributed by atoms with van der Waals surface area (Å²) in [7, 11) is 0. The van der Waals surface area contributed by atoms with Crippen molar-refractivity contribution in [2.75, 3.05) is 0 Å². The molecule has 0 aliphatic heterocycles. The molecule has 0 unspecified atom stereocenters. The lowest BCUT2D eigenvalue weighted by molar-refractivity contribution is 0.737. The van der Waals surface area contributed by atoms with E-state index in [2.05, 4.69) is 99.6 Å². The maximum absolute atomic E-state index is 2.29. The predicted molar refractivity (Wildman–Crippen MR) is 112 cm³/mol. The van der Waals surface area contributed by atoms with E-state index >= 15 is 0 Å². The van der Waals surface area contributed by atoms with Gasteiger partial charge >= 0.3 is 0 Å². The summed E-state index contributed by atoms with van der Waals surface area (Å²) in [5, 5.41) is 0. The van der Waals surface area contributed by atoms with Crippen LogP contribution in [0.2, 0.25) is 0 Å². The minimum Gasteiger partial charge on any atom is -0.0656 e. The molecular formula is C24H38. The van der Waals surface area contributed by atoms with Gasteiger partial charge in [0.2, 0.25) is 0 Å². The minimum atomic E-state index is 0.833. The summed E-state index contributed by atoms with van der Waals surface area (Å²) in [4.78, 5) is 0. The van der Waals surface area contributed by atoms with E-state index in [0.29, 0.717) is 0 Å². The van der Waals surface area contributed by atoms with Crippen LogP contribution in [0.1, 0.15) is 68.9 Å². The largest absolute Gasteiger partial charge is 0.0656 e. The molecule has 0 radical (unpaired) electrons. The Morgan fingerprint density at radius 1 is 0.625 bits per heavy atom. The van der Waals surface area contributed by atoms with E-state index in [1.165, 1.54) is 45.4 Å². The molecule has 2 aromatic rings. The number of rotatable bonds is 1. The van der Waals surface area contributed by atoms with E-state index in [0.717, 1.165) is 5.92 Å². The number of aryl methyl sites for hydroxylation is 4. The Labute approximate surface area is 151 Å². The molecule has 0 saturated heterocycles. The first-order valence-corrected chi connectivity index (χ1v) is 9.28. The molecular weight excluding hydrogens is 288 g/mol. The quantitative estimate of drug-likeness (QED) is 0.498. The highest BCUT2D eigenvalue weighted by molar-refractivity contribution is 5.67. The zero-order valence-electron chi connectivity index (χ0n) is 17.7. The van der Waals surface area contributed by atoms with Gasteiger partial charge in [-0.2, -0.15) is 0 Å². The van der Waals surface area contributed by atoms with E-state index in [1.807, 2.05) is 0 Å². The molecule has 2 aromatic carbocycles. The summed E-state index contributed by atoms with van der Waals surface area (Å²) in [6.07, 6.45) is 1.25. The molecule has 0 heterocycles. The van der Waals surface area contributed by atoms with Crippen molar-refractivity contribution in [1.29, 1.82) is 0 Å². The van der Waals surface area contributed by atoms with Crippen LogP contribution in [0.4, 0.5) is 0 Å². The van der Waals surface area contributed by atoms with Gasteiger partial charge in [0.05, 0.1) is 0 Å². The molecule has 0 heteroatoms. The van der Waals surface area contributed by atoms with Gasteiger partial charge in [-0.1, -0.05) is 82.5 Å². The van der Waals surface area contributed by atoms with Crippen LogP contribution in [-0.4, -0.2) is 0 Å². The topological polar surface area (TPSA) is 0 Å². The lowest BCUT2D eigenvalue weighted by Crippen LogP contribution is -1.89. The molecule has 24 heavy (non-hydrogen) atoms. The monoisotopic (exact) mass is 326 g/mol. The van der Waals surface area contributed by atoms with Crippen molar-refractivity contribution in [2.24, 2.45) is 5.92 Å². The van der Waals surface area contributed by atoms with Crippen molar-refractivity contribution < 1.29 is 0 Å². The molecule has 0 amide bonds. The molecule has 0 spiro atoms. The maximum Gasteiger partial charge on any atom is -0.0178 e. The van der Waals surface area contributed by atoms with E-state index in [-0.39, 0.29) is 0 Å². The molecule has 134 valence electrons. The number of hydrogen-bond donors (Lipinski definition) is 0. The summed E-state index contributed by atoms with van der Waals surface area (Å²) >= 11 is 0. The first-order valence-electron chi connectivity index (χ1n) is 9.28. The van der Waals surface area contributed by atoms with Crippen LogP contribution in [0.3, 0.4) is 0 Å². The second-order valence-corrected chi connectivity index (χ2v) is 7.55. The van der Waals surface area contributed by atoms with Crippen molar-refractivity contribution in [3.63, 3.8) is 0 Å². The minimum absolute atomic E-state index is 0.833. The molecule has 0 fully saturated rings.